The molecule has 0 aromatic heterocycles. The van der Waals surface area contributed by atoms with Gasteiger partial charge in [-0.1, -0.05) is 0 Å². The predicted molar refractivity (Wildman–Crippen MR) is 80.2 cm³/mol. The first-order chi connectivity index (χ1) is 7.21. The number of rotatable bonds is 2. The predicted octanol–water partition coefficient (Wildman–Crippen LogP) is 3.49. The van der Waals surface area contributed by atoms with Gasteiger partial charge in [-0.05, 0) is 0 Å². The van der Waals surface area contributed by atoms with E-state index in [1.54, 1.807) is 0 Å². The van der Waals surface area contributed by atoms with Crippen LogP contribution >= 0.6 is 38.4 Å². The normalized spacial score (nSPS) is 11.3. The maximum absolute atomic E-state index is 2.68. The summed E-state index contributed by atoms with van der Waals surface area (Å²) in [5.41, 5.74) is 0. The molecule has 0 amide bonds. The standard InChI is InChI=1S/2C6H5.2HI.Ti/c2*1-2-4-6-5-3-1;;;/h2*1-5H;2*1H;/q;;;;+2/p-2. The zero-order valence-corrected chi connectivity index (χ0v) is 13.9. The van der Waals surface area contributed by atoms with Crippen molar-refractivity contribution in [3.8, 4) is 0 Å². The molecule has 0 heterocycles. The number of halogens is 2. The van der Waals surface area contributed by atoms with Crippen LogP contribution in [0.1, 0.15) is 0 Å². The fourth-order valence-electron chi connectivity index (χ4n) is 1.46. The first-order valence-electron chi connectivity index (χ1n) is 4.70. The van der Waals surface area contributed by atoms with Gasteiger partial charge in [0, 0.05) is 0 Å². The van der Waals surface area contributed by atoms with Gasteiger partial charge in [-0.25, -0.2) is 0 Å². The van der Waals surface area contributed by atoms with Crippen molar-refractivity contribution >= 4 is 46.1 Å². The molecular formula is C12H10I2Ti. The van der Waals surface area contributed by atoms with Crippen molar-refractivity contribution in [3.05, 3.63) is 60.7 Å². The summed E-state index contributed by atoms with van der Waals surface area (Å²) in [6.07, 6.45) is 0. The van der Waals surface area contributed by atoms with Crippen LogP contribution in [0.2, 0.25) is 0 Å². The monoisotopic (exact) mass is 456 g/mol. The van der Waals surface area contributed by atoms with Gasteiger partial charge >= 0.3 is 116 Å². The quantitative estimate of drug-likeness (QED) is 0.480. The molecular weight excluding hydrogens is 446 g/mol. The van der Waals surface area contributed by atoms with E-state index in [1.807, 2.05) is 0 Å². The van der Waals surface area contributed by atoms with Crippen LogP contribution in [0.25, 0.3) is 0 Å². The summed E-state index contributed by atoms with van der Waals surface area (Å²) in [5.74, 6) is 0. The summed E-state index contributed by atoms with van der Waals surface area (Å²) in [4.78, 5) is 0. The third-order valence-corrected chi connectivity index (χ3v) is 15.9. The summed E-state index contributed by atoms with van der Waals surface area (Å²) in [5, 5.41) is 0. The molecule has 2 aromatic carbocycles. The minimum atomic E-state index is -2.06. The van der Waals surface area contributed by atoms with Gasteiger partial charge in [0.15, 0.2) is 0 Å². The molecule has 0 atom stereocenters. The van der Waals surface area contributed by atoms with E-state index in [2.05, 4.69) is 99.0 Å². The van der Waals surface area contributed by atoms with Gasteiger partial charge in [0.05, 0.1) is 0 Å². The van der Waals surface area contributed by atoms with Crippen molar-refractivity contribution < 1.29 is 9.09 Å². The van der Waals surface area contributed by atoms with Crippen LogP contribution in [0.3, 0.4) is 0 Å². The van der Waals surface area contributed by atoms with E-state index in [-0.39, 0.29) is 0 Å². The number of hydrogen-bond donors (Lipinski definition) is 0. The van der Waals surface area contributed by atoms with Gasteiger partial charge in [-0.15, -0.1) is 0 Å². The van der Waals surface area contributed by atoms with Crippen molar-refractivity contribution in [2.45, 2.75) is 0 Å². The molecule has 0 saturated carbocycles. The van der Waals surface area contributed by atoms with Crippen LogP contribution < -0.4 is 7.74 Å². The first-order valence-corrected chi connectivity index (χ1v) is 16.3. The molecule has 0 spiro atoms. The maximum atomic E-state index is 2.68. The van der Waals surface area contributed by atoms with E-state index in [4.69, 9.17) is 0 Å². The molecule has 0 saturated heterocycles. The Labute approximate surface area is 114 Å². The van der Waals surface area contributed by atoms with Gasteiger partial charge in [-0.3, -0.25) is 0 Å². The Morgan fingerprint density at radius 3 is 1.27 bits per heavy atom. The molecule has 3 heteroatoms. The van der Waals surface area contributed by atoms with Crippen LogP contribution in [-0.2, 0) is 9.09 Å². The average Bonchev–Trinajstić information content (AvgIpc) is 2.31. The molecule has 2 aromatic rings. The Morgan fingerprint density at radius 2 is 0.933 bits per heavy atom. The molecule has 0 nitrogen and oxygen atoms in total. The molecule has 0 unspecified atom stereocenters. The first kappa shape index (κ1) is 12.1. The minimum absolute atomic E-state index is 1.52. The van der Waals surface area contributed by atoms with Crippen LogP contribution in [0.15, 0.2) is 60.7 Å². The van der Waals surface area contributed by atoms with E-state index >= 15 is 0 Å². The van der Waals surface area contributed by atoms with Gasteiger partial charge < -0.3 is 0 Å². The molecule has 0 radical (unpaired) electrons. The van der Waals surface area contributed by atoms with Crippen molar-refractivity contribution in [3.63, 3.8) is 0 Å². The van der Waals surface area contributed by atoms with Gasteiger partial charge in [0.2, 0.25) is 0 Å². The van der Waals surface area contributed by atoms with E-state index < -0.39 is 9.09 Å². The topological polar surface area (TPSA) is 0 Å². The average molecular weight is 456 g/mol. The summed E-state index contributed by atoms with van der Waals surface area (Å²) < 4.78 is 3.04. The van der Waals surface area contributed by atoms with Gasteiger partial charge in [-0.2, -0.15) is 0 Å². The molecule has 0 fully saturated rings. The van der Waals surface area contributed by atoms with Crippen LogP contribution in [-0.4, -0.2) is 0 Å². The van der Waals surface area contributed by atoms with Crippen LogP contribution in [0, 0.1) is 0 Å². The summed E-state index contributed by atoms with van der Waals surface area (Å²) in [6.45, 7) is 0. The third kappa shape index (κ3) is 2.84. The summed E-state index contributed by atoms with van der Waals surface area (Å²) in [6, 6.07) is 21.7. The van der Waals surface area contributed by atoms with Crippen LogP contribution in [0.5, 0.6) is 0 Å². The second-order valence-corrected chi connectivity index (χ2v) is 28.8. The molecule has 0 aliphatic heterocycles. The zero-order chi connectivity index (χ0) is 10.7. The Kier molecular flexibility index (Phi) is 4.27. The van der Waals surface area contributed by atoms with Crippen LogP contribution in [0.4, 0.5) is 0 Å². The van der Waals surface area contributed by atoms with Crippen molar-refractivity contribution in [1.29, 1.82) is 0 Å². The van der Waals surface area contributed by atoms with Gasteiger partial charge in [0.25, 0.3) is 0 Å². The van der Waals surface area contributed by atoms with E-state index in [9.17, 15) is 0 Å². The Bertz CT molecular complexity index is 384. The Morgan fingerprint density at radius 1 is 0.600 bits per heavy atom. The Hall–Kier alpha value is 0.614. The van der Waals surface area contributed by atoms with Gasteiger partial charge in [0.1, 0.15) is 0 Å². The summed E-state index contributed by atoms with van der Waals surface area (Å²) >= 11 is 5.36. The molecule has 0 bridgehead atoms. The summed E-state index contributed by atoms with van der Waals surface area (Å²) in [7, 11) is -2.06. The third-order valence-electron chi connectivity index (χ3n) is 2.27. The SMILES string of the molecule is [I][Ti]([I])([c]1ccccc1)[c]1ccccc1. The second-order valence-electron chi connectivity index (χ2n) is 3.31. The molecule has 0 aliphatic rings. The van der Waals surface area contributed by atoms with E-state index in [1.165, 1.54) is 7.74 Å². The Balaban J connectivity index is 2.44. The fraction of sp³-hybridized carbons (Fsp3) is 0. The van der Waals surface area contributed by atoms with Crippen molar-refractivity contribution in [1.82, 2.24) is 0 Å². The molecule has 2 rings (SSSR count). The molecule has 76 valence electrons. The zero-order valence-electron chi connectivity index (χ0n) is 8.03. The van der Waals surface area contributed by atoms with Crippen molar-refractivity contribution in [2.24, 2.45) is 0 Å². The van der Waals surface area contributed by atoms with Crippen molar-refractivity contribution in [2.75, 3.05) is 0 Å². The number of benzene rings is 2. The second kappa shape index (κ2) is 5.30. The fourth-order valence-corrected chi connectivity index (χ4v) is 9.82. The molecule has 0 N–H and O–H groups in total. The van der Waals surface area contributed by atoms with E-state index in [0.29, 0.717) is 0 Å². The number of hydrogen-bond acceptors (Lipinski definition) is 0. The molecule has 0 aliphatic carbocycles. The van der Waals surface area contributed by atoms with E-state index in [0.717, 1.165) is 0 Å². The molecule has 15 heavy (non-hydrogen) atoms.